The maximum Gasteiger partial charge on any atom is 0.296 e. The smallest absolute Gasteiger partial charge is 0.296 e. The number of rotatable bonds is 11. The molecular weight excluding hydrogens is 570 g/mol. The fourth-order valence-corrected chi connectivity index (χ4v) is 6.34. The molecule has 1 aliphatic rings. The molecule has 2 aromatic heterocycles. The summed E-state index contributed by atoms with van der Waals surface area (Å²) in [5.41, 5.74) is 1.43. The number of ether oxygens (including phenoxy) is 1. The van der Waals surface area contributed by atoms with Crippen LogP contribution in [0.3, 0.4) is 0 Å². The van der Waals surface area contributed by atoms with Crippen LogP contribution in [0, 0.1) is 5.92 Å². The number of furan rings is 1. The summed E-state index contributed by atoms with van der Waals surface area (Å²) in [6.07, 6.45) is 2.24. The van der Waals surface area contributed by atoms with Gasteiger partial charge < -0.3 is 14.3 Å². The third kappa shape index (κ3) is 5.94. The number of carbonyl (C=O) groups excluding carboxylic acids is 2. The van der Waals surface area contributed by atoms with Crippen LogP contribution in [0.25, 0.3) is 0 Å². The van der Waals surface area contributed by atoms with E-state index in [4.69, 9.17) is 20.8 Å². The molecule has 1 atom stereocenters. The van der Waals surface area contributed by atoms with Crippen molar-refractivity contribution in [1.82, 2.24) is 10.2 Å². The first-order valence-electron chi connectivity index (χ1n) is 12.6. The van der Waals surface area contributed by atoms with Crippen molar-refractivity contribution >= 4 is 51.5 Å². The summed E-state index contributed by atoms with van der Waals surface area (Å²) in [5, 5.41) is 20.4. The quantitative estimate of drug-likeness (QED) is 0.109. The van der Waals surface area contributed by atoms with Crippen molar-refractivity contribution in [2.24, 2.45) is 5.92 Å². The van der Waals surface area contributed by atoms with Gasteiger partial charge in [-0.25, -0.2) is 0 Å². The van der Waals surface area contributed by atoms with E-state index in [1.165, 1.54) is 40.3 Å². The molecule has 0 saturated carbocycles. The number of anilines is 1. The van der Waals surface area contributed by atoms with Gasteiger partial charge in [-0.1, -0.05) is 78.9 Å². The normalized spacial score (nSPS) is 15.3. The average molecular weight is 596 g/mol. The highest BCUT2D eigenvalue weighted by atomic mass is 35.5. The number of Topliss-reactive ketones (excluding diaryl/α,β-unsaturated/α-hetero) is 1. The van der Waals surface area contributed by atoms with Gasteiger partial charge in [0, 0.05) is 10.8 Å². The van der Waals surface area contributed by atoms with Crippen LogP contribution in [0.15, 0.2) is 87.0 Å². The van der Waals surface area contributed by atoms with E-state index in [0.29, 0.717) is 39.0 Å². The largest absolute Gasteiger partial charge is 0.503 e. The summed E-state index contributed by atoms with van der Waals surface area (Å²) in [7, 11) is 0. The Bertz CT molecular complexity index is 1550. The Hall–Kier alpha value is -3.60. The van der Waals surface area contributed by atoms with Crippen molar-refractivity contribution < 1.29 is 23.8 Å². The minimum Gasteiger partial charge on any atom is -0.503 e. The molecule has 1 unspecified atom stereocenters. The van der Waals surface area contributed by atoms with Crippen molar-refractivity contribution in [1.29, 1.82) is 0 Å². The summed E-state index contributed by atoms with van der Waals surface area (Å²) in [5.74, 6) is -0.345. The second-order valence-electron chi connectivity index (χ2n) is 9.48. The molecule has 0 bridgehead atoms. The zero-order valence-electron chi connectivity index (χ0n) is 21.7. The molecule has 2 aromatic carbocycles. The molecule has 0 aliphatic carbocycles. The summed E-state index contributed by atoms with van der Waals surface area (Å²) < 4.78 is 11.9. The highest BCUT2D eigenvalue weighted by Crippen LogP contribution is 2.44. The first-order chi connectivity index (χ1) is 19.3. The predicted molar refractivity (Wildman–Crippen MR) is 155 cm³/mol. The van der Waals surface area contributed by atoms with E-state index < -0.39 is 23.5 Å². The molecule has 0 spiro atoms. The number of benzene rings is 2. The molecule has 40 heavy (non-hydrogen) atoms. The maximum absolute atomic E-state index is 13.5. The number of hydrogen-bond acceptors (Lipinski definition) is 9. The molecule has 0 saturated heterocycles. The van der Waals surface area contributed by atoms with Gasteiger partial charge >= 0.3 is 0 Å². The third-order valence-electron chi connectivity index (χ3n) is 6.25. The fourth-order valence-electron chi connectivity index (χ4n) is 4.19. The van der Waals surface area contributed by atoms with E-state index in [1.54, 1.807) is 24.3 Å². The topological polar surface area (TPSA) is 106 Å². The van der Waals surface area contributed by atoms with Crippen molar-refractivity contribution in [2.45, 2.75) is 36.4 Å². The summed E-state index contributed by atoms with van der Waals surface area (Å²) in [6, 6.07) is 16.8. The lowest BCUT2D eigenvalue weighted by Gasteiger charge is -2.24. The van der Waals surface area contributed by atoms with Crippen molar-refractivity contribution in [3.05, 3.63) is 100 Å². The van der Waals surface area contributed by atoms with Crippen LogP contribution in [-0.4, -0.2) is 33.6 Å². The predicted octanol–water partition coefficient (Wildman–Crippen LogP) is 7.28. The summed E-state index contributed by atoms with van der Waals surface area (Å²) in [6.45, 7) is 4.76. The number of carbonyl (C=O) groups is 2. The number of aliphatic hydroxyl groups is 1. The number of halogens is 1. The van der Waals surface area contributed by atoms with Gasteiger partial charge in [0.25, 0.3) is 5.91 Å². The number of ketones is 1. The second kappa shape index (κ2) is 12.3. The number of amides is 1. The van der Waals surface area contributed by atoms with Crippen molar-refractivity contribution in [2.75, 3.05) is 11.5 Å². The zero-order valence-corrected chi connectivity index (χ0v) is 24.1. The lowest BCUT2D eigenvalue weighted by Crippen LogP contribution is -2.31. The Balaban J connectivity index is 1.48. The number of hydrogen-bond donors (Lipinski definition) is 1. The van der Waals surface area contributed by atoms with E-state index >= 15 is 0 Å². The van der Waals surface area contributed by atoms with Gasteiger partial charge in [0.05, 0.1) is 24.5 Å². The molecule has 1 aliphatic heterocycles. The number of nitrogens with zero attached hydrogens (tertiary/aromatic N) is 3. The number of aromatic nitrogens is 2. The monoisotopic (exact) mass is 595 g/mol. The Morgan fingerprint density at radius 1 is 1.18 bits per heavy atom. The van der Waals surface area contributed by atoms with E-state index in [2.05, 4.69) is 24.0 Å². The fraction of sp³-hybridized carbons (Fsp3) is 0.241. The first kappa shape index (κ1) is 27.9. The van der Waals surface area contributed by atoms with Gasteiger partial charge in [0.15, 0.2) is 15.9 Å². The van der Waals surface area contributed by atoms with Crippen molar-refractivity contribution in [3.8, 4) is 5.75 Å². The highest BCUT2D eigenvalue weighted by molar-refractivity contribution is 8.00. The van der Waals surface area contributed by atoms with E-state index in [0.717, 1.165) is 12.0 Å². The average Bonchev–Trinajstić information content (AvgIpc) is 3.69. The lowest BCUT2D eigenvalue weighted by molar-refractivity contribution is -0.117. The Morgan fingerprint density at radius 2 is 2.00 bits per heavy atom. The molecule has 8 nitrogen and oxygen atoms in total. The molecule has 206 valence electrons. The standard InChI is InChI=1S/C29H26ClN3O5S2/c1-17(2)12-14-37-20-9-5-8-18(15-20)24-23(25(34)22-11-6-13-38-22)26(35)27(36)33(24)28-31-32-29(40-28)39-16-19-7-3-4-10-21(19)30/h3-11,13,15,17,24,35H,12,14,16H2,1-2H3. The van der Waals surface area contributed by atoms with Gasteiger partial charge in [-0.3, -0.25) is 14.5 Å². The SMILES string of the molecule is CC(C)CCOc1cccc(C2C(C(=O)c3ccco3)=C(O)C(=O)N2c2nnc(SCc3ccccc3Cl)s2)c1. The van der Waals surface area contributed by atoms with Crippen LogP contribution in [0.4, 0.5) is 5.13 Å². The Morgan fingerprint density at radius 3 is 2.75 bits per heavy atom. The zero-order chi connectivity index (χ0) is 28.2. The summed E-state index contributed by atoms with van der Waals surface area (Å²) in [4.78, 5) is 28.2. The number of aliphatic hydroxyl groups excluding tert-OH is 1. The second-order valence-corrected chi connectivity index (χ2v) is 12.1. The molecule has 5 rings (SSSR count). The van der Waals surface area contributed by atoms with Crippen molar-refractivity contribution in [3.63, 3.8) is 0 Å². The molecule has 0 radical (unpaired) electrons. The van der Waals surface area contributed by atoms with Gasteiger partial charge in [0.1, 0.15) is 5.75 Å². The van der Waals surface area contributed by atoms with Gasteiger partial charge in [-0.05, 0) is 53.8 Å². The maximum atomic E-state index is 13.5. The minimum absolute atomic E-state index is 0.0128. The molecule has 1 amide bonds. The van der Waals surface area contributed by atoms with Crippen LogP contribution in [0.2, 0.25) is 5.02 Å². The Labute approximate surface area is 244 Å². The van der Waals surface area contributed by atoms with E-state index in [9.17, 15) is 14.7 Å². The van der Waals surface area contributed by atoms with Crippen LogP contribution in [0.5, 0.6) is 5.75 Å². The highest BCUT2D eigenvalue weighted by Gasteiger charge is 2.46. The first-order valence-corrected chi connectivity index (χ1v) is 14.8. The molecule has 0 fully saturated rings. The number of thioether (sulfide) groups is 1. The van der Waals surface area contributed by atoms with Gasteiger partial charge in [-0.2, -0.15) is 0 Å². The molecule has 11 heteroatoms. The summed E-state index contributed by atoms with van der Waals surface area (Å²) >= 11 is 8.91. The van der Waals surface area contributed by atoms with E-state index in [1.807, 2.05) is 30.3 Å². The Kier molecular flexibility index (Phi) is 8.58. The molecular formula is C29H26ClN3O5S2. The van der Waals surface area contributed by atoms with Crippen LogP contribution >= 0.6 is 34.7 Å². The molecule has 4 aromatic rings. The van der Waals surface area contributed by atoms with Gasteiger partial charge in [-0.15, -0.1) is 10.2 Å². The van der Waals surface area contributed by atoms with E-state index in [-0.39, 0.29) is 16.5 Å². The van der Waals surface area contributed by atoms with Gasteiger partial charge in [0.2, 0.25) is 10.9 Å². The van der Waals surface area contributed by atoms with Crippen LogP contribution < -0.4 is 9.64 Å². The van der Waals surface area contributed by atoms with Crippen LogP contribution in [-0.2, 0) is 10.5 Å². The molecule has 3 heterocycles. The minimum atomic E-state index is -0.965. The third-order valence-corrected chi connectivity index (χ3v) is 8.72. The lowest BCUT2D eigenvalue weighted by atomic mass is 9.95. The van der Waals surface area contributed by atoms with Crippen LogP contribution in [0.1, 0.15) is 48.0 Å². The molecule has 1 N–H and O–H groups in total.